The van der Waals surface area contributed by atoms with Gasteiger partial charge in [-0.15, -0.1) is 0 Å². The lowest BCUT2D eigenvalue weighted by Gasteiger charge is -2.16. The Morgan fingerprint density at radius 3 is 2.54 bits per heavy atom. The summed E-state index contributed by atoms with van der Waals surface area (Å²) in [5, 5.41) is 0. The van der Waals surface area contributed by atoms with Crippen LogP contribution in [-0.4, -0.2) is 17.2 Å². The van der Waals surface area contributed by atoms with E-state index in [2.05, 4.69) is 29.3 Å². The molecule has 0 saturated carbocycles. The number of benzene rings is 2. The molecule has 2 nitrogen and oxygen atoms in total. The molecule has 0 spiro atoms. The first-order valence-corrected chi connectivity index (χ1v) is 8.81. The molecule has 0 fully saturated rings. The Labute approximate surface area is 152 Å². The van der Waals surface area contributed by atoms with Gasteiger partial charge >= 0.3 is 0 Å². The van der Waals surface area contributed by atoms with Crippen molar-refractivity contribution in [2.24, 2.45) is 4.99 Å². The number of aromatic nitrogens is 1. The maximum absolute atomic E-state index is 13.2. The van der Waals surface area contributed by atoms with Gasteiger partial charge in [-0.05, 0) is 71.5 Å². The van der Waals surface area contributed by atoms with E-state index in [9.17, 15) is 4.39 Å². The van der Waals surface area contributed by atoms with Gasteiger partial charge in [-0.2, -0.15) is 0 Å². The summed E-state index contributed by atoms with van der Waals surface area (Å²) >= 11 is 0. The summed E-state index contributed by atoms with van der Waals surface area (Å²) < 4.78 is 13.2. The topological polar surface area (TPSA) is 25.2 Å². The van der Waals surface area contributed by atoms with Crippen LogP contribution in [0.5, 0.6) is 0 Å². The molecule has 0 saturated heterocycles. The van der Waals surface area contributed by atoms with E-state index in [-0.39, 0.29) is 5.82 Å². The molecule has 128 valence electrons. The Hall–Kier alpha value is -3.07. The number of rotatable bonds is 3. The van der Waals surface area contributed by atoms with Crippen molar-refractivity contribution in [1.29, 1.82) is 0 Å². The summed E-state index contributed by atoms with van der Waals surface area (Å²) in [7, 11) is 0. The zero-order valence-corrected chi connectivity index (χ0v) is 14.4. The number of pyridine rings is 1. The fourth-order valence-corrected chi connectivity index (χ4v) is 3.25. The van der Waals surface area contributed by atoms with Crippen LogP contribution in [0.2, 0.25) is 0 Å². The average molecular weight is 342 g/mol. The van der Waals surface area contributed by atoms with Gasteiger partial charge in [0, 0.05) is 24.5 Å². The number of allylic oxidation sites excluding steroid dienone is 1. The normalized spacial score (nSPS) is 15.7. The minimum atomic E-state index is -0.216. The van der Waals surface area contributed by atoms with Gasteiger partial charge in [0.2, 0.25) is 0 Å². The second-order valence-electron chi connectivity index (χ2n) is 6.38. The minimum absolute atomic E-state index is 0.216. The monoisotopic (exact) mass is 342 g/mol. The van der Waals surface area contributed by atoms with Crippen molar-refractivity contribution >= 4 is 11.8 Å². The van der Waals surface area contributed by atoms with E-state index >= 15 is 0 Å². The van der Waals surface area contributed by atoms with Crippen LogP contribution < -0.4 is 0 Å². The molecule has 26 heavy (non-hydrogen) atoms. The fraction of sp³-hybridized carbons (Fsp3) is 0.130. The standard InChI is InChI=1S/C23H19FN2/c24-22-10-8-18(9-11-22)19-5-1-4-17(14-19)15-20-6-3-13-26-23(20)21-7-2-12-25-16-21/h1-2,4-5,7-12,14-16H,3,6,13H2. The zero-order chi connectivity index (χ0) is 17.8. The average Bonchev–Trinajstić information content (AvgIpc) is 2.70. The summed E-state index contributed by atoms with van der Waals surface area (Å²) in [6, 6.07) is 18.9. The van der Waals surface area contributed by atoms with E-state index in [0.717, 1.165) is 47.4 Å². The predicted molar refractivity (Wildman–Crippen MR) is 105 cm³/mol. The molecule has 3 aromatic rings. The highest BCUT2D eigenvalue weighted by Crippen LogP contribution is 2.25. The van der Waals surface area contributed by atoms with Crippen molar-refractivity contribution in [1.82, 2.24) is 4.98 Å². The van der Waals surface area contributed by atoms with Crippen molar-refractivity contribution in [2.45, 2.75) is 12.8 Å². The number of aliphatic imine (C=N–C) groups is 1. The predicted octanol–water partition coefficient (Wildman–Crippen LogP) is 5.55. The van der Waals surface area contributed by atoms with Gasteiger partial charge in [-0.3, -0.25) is 9.98 Å². The second-order valence-corrected chi connectivity index (χ2v) is 6.38. The van der Waals surface area contributed by atoms with Gasteiger partial charge in [0.25, 0.3) is 0 Å². The lowest BCUT2D eigenvalue weighted by molar-refractivity contribution is 0.628. The molecule has 4 rings (SSSR count). The lowest BCUT2D eigenvalue weighted by Crippen LogP contribution is -2.11. The smallest absolute Gasteiger partial charge is 0.123 e. The maximum Gasteiger partial charge on any atom is 0.123 e. The van der Waals surface area contributed by atoms with Crippen LogP contribution in [0.1, 0.15) is 24.0 Å². The van der Waals surface area contributed by atoms with Gasteiger partial charge < -0.3 is 0 Å². The molecule has 2 heterocycles. The number of hydrogen-bond donors (Lipinski definition) is 0. The third-order valence-corrected chi connectivity index (χ3v) is 4.52. The first-order valence-electron chi connectivity index (χ1n) is 8.81. The molecule has 0 amide bonds. The first kappa shape index (κ1) is 16.4. The highest BCUT2D eigenvalue weighted by atomic mass is 19.1. The minimum Gasteiger partial charge on any atom is -0.284 e. The third kappa shape index (κ3) is 3.62. The van der Waals surface area contributed by atoms with Crippen LogP contribution in [0.25, 0.3) is 17.2 Å². The lowest BCUT2D eigenvalue weighted by atomic mass is 9.94. The molecular formula is C23H19FN2. The first-order chi connectivity index (χ1) is 12.8. The third-order valence-electron chi connectivity index (χ3n) is 4.52. The summed E-state index contributed by atoms with van der Waals surface area (Å²) in [5.74, 6) is -0.216. The Morgan fingerprint density at radius 1 is 0.885 bits per heavy atom. The van der Waals surface area contributed by atoms with E-state index in [1.54, 1.807) is 6.20 Å². The van der Waals surface area contributed by atoms with Gasteiger partial charge in [-0.1, -0.05) is 30.3 Å². The van der Waals surface area contributed by atoms with Crippen molar-refractivity contribution < 1.29 is 4.39 Å². The van der Waals surface area contributed by atoms with E-state index in [4.69, 9.17) is 4.99 Å². The molecule has 0 bridgehead atoms. The van der Waals surface area contributed by atoms with Crippen LogP contribution in [0, 0.1) is 5.82 Å². The second kappa shape index (κ2) is 7.44. The quantitative estimate of drug-likeness (QED) is 0.612. The molecule has 1 aliphatic heterocycles. The van der Waals surface area contributed by atoms with Gasteiger partial charge in [0.05, 0.1) is 5.71 Å². The summed E-state index contributed by atoms with van der Waals surface area (Å²) in [6.45, 7) is 0.858. The van der Waals surface area contributed by atoms with Crippen LogP contribution in [-0.2, 0) is 0 Å². The van der Waals surface area contributed by atoms with Crippen molar-refractivity contribution in [3.63, 3.8) is 0 Å². The summed E-state index contributed by atoms with van der Waals surface area (Å²) in [6.07, 6.45) is 7.93. The number of hydrogen-bond acceptors (Lipinski definition) is 2. The molecule has 2 aromatic carbocycles. The highest BCUT2D eigenvalue weighted by molar-refractivity contribution is 6.15. The van der Waals surface area contributed by atoms with Gasteiger partial charge in [0.1, 0.15) is 5.82 Å². The summed E-state index contributed by atoms with van der Waals surface area (Å²) in [5.41, 5.74) is 6.55. The van der Waals surface area contributed by atoms with Crippen molar-refractivity contribution in [3.05, 3.63) is 95.6 Å². The van der Waals surface area contributed by atoms with Crippen molar-refractivity contribution in [3.8, 4) is 11.1 Å². The van der Waals surface area contributed by atoms with Crippen molar-refractivity contribution in [2.75, 3.05) is 6.54 Å². The Kier molecular flexibility index (Phi) is 4.69. The van der Waals surface area contributed by atoms with E-state index in [1.807, 2.05) is 36.5 Å². The fourth-order valence-electron chi connectivity index (χ4n) is 3.25. The molecule has 0 unspecified atom stereocenters. The molecule has 1 aliphatic rings. The SMILES string of the molecule is Fc1ccc(-c2cccc(C=C3CCCN=C3c3cccnc3)c2)cc1. The van der Waals surface area contributed by atoms with Crippen LogP contribution in [0.15, 0.2) is 83.6 Å². The van der Waals surface area contributed by atoms with E-state index in [0.29, 0.717) is 0 Å². The molecule has 3 heteroatoms. The molecule has 0 radical (unpaired) electrons. The van der Waals surface area contributed by atoms with Crippen LogP contribution in [0.3, 0.4) is 0 Å². The largest absolute Gasteiger partial charge is 0.284 e. The molecule has 0 atom stereocenters. The Bertz CT molecular complexity index is 957. The van der Waals surface area contributed by atoms with Gasteiger partial charge in [0.15, 0.2) is 0 Å². The molecule has 0 aliphatic carbocycles. The van der Waals surface area contributed by atoms with E-state index in [1.165, 1.54) is 17.7 Å². The molecule has 0 N–H and O–H groups in total. The van der Waals surface area contributed by atoms with Crippen LogP contribution >= 0.6 is 0 Å². The zero-order valence-electron chi connectivity index (χ0n) is 14.4. The maximum atomic E-state index is 13.2. The van der Waals surface area contributed by atoms with Crippen LogP contribution in [0.4, 0.5) is 4.39 Å². The highest BCUT2D eigenvalue weighted by Gasteiger charge is 2.14. The number of halogens is 1. The van der Waals surface area contributed by atoms with E-state index < -0.39 is 0 Å². The summed E-state index contributed by atoms with van der Waals surface area (Å²) in [4.78, 5) is 8.96. The Morgan fingerprint density at radius 2 is 1.73 bits per heavy atom. The Balaban J connectivity index is 1.69. The van der Waals surface area contributed by atoms with Gasteiger partial charge in [-0.25, -0.2) is 4.39 Å². The molecular weight excluding hydrogens is 323 g/mol. The number of nitrogens with zero attached hydrogens (tertiary/aromatic N) is 2. The molecule has 1 aromatic heterocycles.